The topological polar surface area (TPSA) is 67.2 Å². The van der Waals surface area contributed by atoms with E-state index < -0.39 is 11.7 Å². The van der Waals surface area contributed by atoms with Gasteiger partial charge >= 0.3 is 0 Å². The Labute approximate surface area is 193 Å². The number of aromatic nitrogens is 2. The zero-order chi connectivity index (χ0) is 23.4. The van der Waals surface area contributed by atoms with Crippen LogP contribution in [-0.4, -0.2) is 34.2 Å². The standard InChI is InChI=1S/C24H20F2N4O2S/c1-29(17-12-10-16(25)11-13-17)23(32)15-33-24-28-20-8-4-5-9-21(20)30(24)14-22(31)27-19-7-3-2-6-18(19)26/h2-13H,14-15H2,1H3,(H,27,31). The van der Waals surface area contributed by atoms with E-state index in [2.05, 4.69) is 10.3 Å². The molecule has 1 aromatic heterocycles. The minimum atomic E-state index is -0.523. The van der Waals surface area contributed by atoms with E-state index in [1.165, 1.54) is 53.1 Å². The molecule has 0 saturated heterocycles. The summed E-state index contributed by atoms with van der Waals surface area (Å²) >= 11 is 1.19. The molecule has 1 heterocycles. The van der Waals surface area contributed by atoms with E-state index in [1.54, 1.807) is 23.7 Å². The summed E-state index contributed by atoms with van der Waals surface area (Å²) in [6.45, 7) is -0.0980. The van der Waals surface area contributed by atoms with Crippen LogP contribution in [-0.2, 0) is 16.1 Å². The van der Waals surface area contributed by atoms with Crippen LogP contribution in [0.2, 0.25) is 0 Å². The molecule has 0 saturated carbocycles. The Balaban J connectivity index is 1.51. The maximum Gasteiger partial charge on any atom is 0.244 e. The first-order valence-electron chi connectivity index (χ1n) is 10.1. The lowest BCUT2D eigenvalue weighted by Crippen LogP contribution is -2.28. The Morgan fingerprint density at radius 2 is 1.70 bits per heavy atom. The first kappa shape index (κ1) is 22.5. The van der Waals surface area contributed by atoms with Crippen molar-refractivity contribution in [2.45, 2.75) is 11.7 Å². The van der Waals surface area contributed by atoms with Gasteiger partial charge in [0, 0.05) is 12.7 Å². The lowest BCUT2D eigenvalue weighted by molar-refractivity contribution is -0.117. The second kappa shape index (κ2) is 9.83. The number of benzene rings is 3. The summed E-state index contributed by atoms with van der Waals surface area (Å²) in [5.41, 5.74) is 2.07. The number of amides is 2. The van der Waals surface area contributed by atoms with Gasteiger partial charge in [0.25, 0.3) is 0 Å². The number of rotatable bonds is 7. The van der Waals surface area contributed by atoms with Gasteiger partial charge in [0.1, 0.15) is 18.2 Å². The summed E-state index contributed by atoms with van der Waals surface area (Å²) < 4.78 is 28.8. The van der Waals surface area contributed by atoms with Gasteiger partial charge in [-0.05, 0) is 48.5 Å². The maximum atomic E-state index is 13.9. The van der Waals surface area contributed by atoms with Crippen LogP contribution >= 0.6 is 11.8 Å². The molecule has 4 aromatic rings. The van der Waals surface area contributed by atoms with Crippen molar-refractivity contribution in [1.29, 1.82) is 0 Å². The van der Waals surface area contributed by atoms with Crippen molar-refractivity contribution in [2.75, 3.05) is 23.0 Å². The molecule has 0 bridgehead atoms. The van der Waals surface area contributed by atoms with Gasteiger partial charge in [-0.15, -0.1) is 0 Å². The van der Waals surface area contributed by atoms with Crippen molar-refractivity contribution < 1.29 is 18.4 Å². The van der Waals surface area contributed by atoms with Gasteiger partial charge in [-0.1, -0.05) is 36.0 Å². The summed E-state index contributed by atoms with van der Waals surface area (Å²) in [6.07, 6.45) is 0. The molecular formula is C24H20F2N4O2S. The summed E-state index contributed by atoms with van der Waals surface area (Å²) in [6, 6.07) is 18.9. The molecule has 33 heavy (non-hydrogen) atoms. The summed E-state index contributed by atoms with van der Waals surface area (Å²) in [7, 11) is 1.61. The average molecular weight is 467 g/mol. The number of para-hydroxylation sites is 3. The summed E-state index contributed by atoms with van der Waals surface area (Å²) in [5, 5.41) is 3.06. The van der Waals surface area contributed by atoms with E-state index in [-0.39, 0.29) is 29.7 Å². The number of nitrogens with one attached hydrogen (secondary N) is 1. The van der Waals surface area contributed by atoms with Crippen LogP contribution in [0.1, 0.15) is 0 Å². The first-order chi connectivity index (χ1) is 15.9. The second-order valence-corrected chi connectivity index (χ2v) is 8.16. The normalized spacial score (nSPS) is 10.9. The van der Waals surface area contributed by atoms with Crippen molar-refractivity contribution in [3.8, 4) is 0 Å². The highest BCUT2D eigenvalue weighted by atomic mass is 32.2. The van der Waals surface area contributed by atoms with Crippen LogP contribution in [0.3, 0.4) is 0 Å². The predicted molar refractivity (Wildman–Crippen MR) is 125 cm³/mol. The number of halogens is 2. The fraction of sp³-hybridized carbons (Fsp3) is 0.125. The van der Waals surface area contributed by atoms with Crippen LogP contribution in [0.25, 0.3) is 11.0 Å². The molecule has 9 heteroatoms. The predicted octanol–water partition coefficient (Wildman–Crippen LogP) is 4.71. The lowest BCUT2D eigenvalue weighted by Gasteiger charge is -2.17. The van der Waals surface area contributed by atoms with Gasteiger partial charge in [-0.2, -0.15) is 0 Å². The van der Waals surface area contributed by atoms with Gasteiger partial charge in [0.15, 0.2) is 5.16 Å². The van der Waals surface area contributed by atoms with E-state index in [9.17, 15) is 18.4 Å². The molecular weight excluding hydrogens is 446 g/mol. The fourth-order valence-electron chi connectivity index (χ4n) is 3.24. The summed E-state index contributed by atoms with van der Waals surface area (Å²) in [5.74, 6) is -1.46. The third-order valence-electron chi connectivity index (χ3n) is 4.98. The maximum absolute atomic E-state index is 13.9. The Kier molecular flexibility index (Phi) is 6.69. The number of nitrogens with zero attached hydrogens (tertiary/aromatic N) is 3. The molecule has 3 aromatic carbocycles. The van der Waals surface area contributed by atoms with Gasteiger partial charge in [0.05, 0.1) is 22.5 Å². The van der Waals surface area contributed by atoms with Crippen LogP contribution in [0.5, 0.6) is 0 Å². The van der Waals surface area contributed by atoms with E-state index in [0.29, 0.717) is 16.4 Å². The molecule has 0 unspecified atom stereocenters. The Morgan fingerprint density at radius 1 is 1.00 bits per heavy atom. The van der Waals surface area contributed by atoms with Gasteiger partial charge in [0.2, 0.25) is 11.8 Å². The molecule has 2 amide bonds. The second-order valence-electron chi connectivity index (χ2n) is 7.22. The number of carbonyl (C=O) groups is 2. The number of hydrogen-bond donors (Lipinski definition) is 1. The third kappa shape index (κ3) is 5.20. The number of fused-ring (bicyclic) bond motifs is 1. The minimum absolute atomic E-state index is 0.0616. The molecule has 6 nitrogen and oxygen atoms in total. The Bertz CT molecular complexity index is 1310. The highest BCUT2D eigenvalue weighted by molar-refractivity contribution is 7.99. The minimum Gasteiger partial charge on any atom is -0.322 e. The molecule has 1 N–H and O–H groups in total. The third-order valence-corrected chi connectivity index (χ3v) is 5.94. The molecule has 0 fully saturated rings. The Hall–Kier alpha value is -3.72. The van der Waals surface area contributed by atoms with Gasteiger partial charge in [-0.25, -0.2) is 13.8 Å². The SMILES string of the molecule is CN(C(=O)CSc1nc2ccccc2n1CC(=O)Nc1ccccc1F)c1ccc(F)cc1. The monoisotopic (exact) mass is 466 g/mol. The Morgan fingerprint density at radius 3 is 2.45 bits per heavy atom. The first-order valence-corrected chi connectivity index (χ1v) is 11.1. The zero-order valence-corrected chi connectivity index (χ0v) is 18.5. The van der Waals surface area contributed by atoms with E-state index in [0.717, 1.165) is 5.52 Å². The molecule has 0 atom stereocenters. The fourth-order valence-corrected chi connectivity index (χ4v) is 4.17. The molecule has 0 aliphatic rings. The number of carbonyl (C=O) groups excluding carboxylic acids is 2. The molecule has 0 aliphatic carbocycles. The van der Waals surface area contributed by atoms with Crippen LogP contribution in [0.15, 0.2) is 78.0 Å². The quantitative estimate of drug-likeness (QED) is 0.401. The van der Waals surface area contributed by atoms with E-state index >= 15 is 0 Å². The van der Waals surface area contributed by atoms with Gasteiger partial charge < -0.3 is 14.8 Å². The molecule has 168 valence electrons. The number of anilines is 2. The highest BCUT2D eigenvalue weighted by Gasteiger charge is 2.18. The van der Waals surface area contributed by atoms with Crippen molar-refractivity contribution in [1.82, 2.24) is 9.55 Å². The average Bonchev–Trinajstić information content (AvgIpc) is 3.16. The molecule has 0 aliphatic heterocycles. The van der Waals surface area contributed by atoms with Crippen molar-refractivity contribution in [2.24, 2.45) is 0 Å². The van der Waals surface area contributed by atoms with Crippen molar-refractivity contribution >= 4 is 46.0 Å². The zero-order valence-electron chi connectivity index (χ0n) is 17.7. The largest absolute Gasteiger partial charge is 0.322 e. The van der Waals surface area contributed by atoms with Gasteiger partial charge in [-0.3, -0.25) is 9.59 Å². The molecule has 0 radical (unpaired) electrons. The number of hydrogen-bond acceptors (Lipinski definition) is 4. The lowest BCUT2D eigenvalue weighted by atomic mass is 10.3. The molecule has 4 rings (SSSR count). The van der Waals surface area contributed by atoms with Crippen LogP contribution in [0.4, 0.5) is 20.2 Å². The smallest absolute Gasteiger partial charge is 0.244 e. The van der Waals surface area contributed by atoms with E-state index in [4.69, 9.17) is 0 Å². The highest BCUT2D eigenvalue weighted by Crippen LogP contribution is 2.25. The number of thioether (sulfide) groups is 1. The molecule has 0 spiro atoms. The summed E-state index contributed by atoms with van der Waals surface area (Å²) in [4.78, 5) is 31.3. The van der Waals surface area contributed by atoms with E-state index in [1.807, 2.05) is 24.3 Å². The van der Waals surface area contributed by atoms with Crippen molar-refractivity contribution in [3.05, 3.63) is 84.4 Å². The van der Waals surface area contributed by atoms with Crippen LogP contribution in [0, 0.1) is 11.6 Å². The van der Waals surface area contributed by atoms with Crippen molar-refractivity contribution in [3.63, 3.8) is 0 Å². The number of imidazole rings is 1. The van der Waals surface area contributed by atoms with Crippen LogP contribution < -0.4 is 10.2 Å².